The minimum Gasteiger partial charge on any atom is -0.303 e. The monoisotopic (exact) mass is 291 g/mol. The van der Waals surface area contributed by atoms with Crippen LogP contribution in [0.15, 0.2) is 18.2 Å². The molecule has 1 saturated heterocycles. The number of rotatable bonds is 5. The van der Waals surface area contributed by atoms with Gasteiger partial charge in [0.2, 0.25) is 0 Å². The standard InChI is InChI=1S/C19H30FN/c1-14(2)7-10-21-11-8-16(9-12-21)18-6-5-17(15(3)4)13-19(18)20/h5-6,13-16H,7-12H2,1-4H3. The zero-order valence-electron chi connectivity index (χ0n) is 14.0. The van der Waals surface area contributed by atoms with Crippen molar-refractivity contribution in [3.05, 3.63) is 35.1 Å². The number of piperidine rings is 1. The Morgan fingerprint density at radius 1 is 1.14 bits per heavy atom. The maximum Gasteiger partial charge on any atom is 0.126 e. The van der Waals surface area contributed by atoms with Gasteiger partial charge in [-0.1, -0.05) is 39.8 Å². The number of hydrogen-bond acceptors (Lipinski definition) is 1. The van der Waals surface area contributed by atoms with Gasteiger partial charge in [-0.15, -0.1) is 0 Å². The molecule has 0 N–H and O–H groups in total. The van der Waals surface area contributed by atoms with E-state index in [1.165, 1.54) is 13.0 Å². The molecule has 1 fully saturated rings. The molecule has 0 unspecified atom stereocenters. The van der Waals surface area contributed by atoms with Crippen LogP contribution in [-0.4, -0.2) is 24.5 Å². The molecule has 1 nitrogen and oxygen atoms in total. The van der Waals surface area contributed by atoms with Crippen LogP contribution >= 0.6 is 0 Å². The van der Waals surface area contributed by atoms with E-state index in [0.717, 1.165) is 43.0 Å². The van der Waals surface area contributed by atoms with E-state index in [0.29, 0.717) is 11.8 Å². The van der Waals surface area contributed by atoms with Crippen molar-refractivity contribution in [3.8, 4) is 0 Å². The summed E-state index contributed by atoms with van der Waals surface area (Å²) in [5, 5.41) is 0. The maximum atomic E-state index is 14.3. The van der Waals surface area contributed by atoms with Crippen molar-refractivity contribution in [1.82, 2.24) is 4.90 Å². The van der Waals surface area contributed by atoms with E-state index in [4.69, 9.17) is 0 Å². The van der Waals surface area contributed by atoms with Crippen molar-refractivity contribution in [2.24, 2.45) is 5.92 Å². The van der Waals surface area contributed by atoms with Gasteiger partial charge in [-0.05, 0) is 73.8 Å². The van der Waals surface area contributed by atoms with Gasteiger partial charge in [0.25, 0.3) is 0 Å². The number of likely N-dealkylation sites (tertiary alicyclic amines) is 1. The summed E-state index contributed by atoms with van der Waals surface area (Å²) in [6.07, 6.45) is 3.45. The van der Waals surface area contributed by atoms with Crippen LogP contribution in [0.4, 0.5) is 4.39 Å². The Balaban J connectivity index is 1.93. The molecule has 1 heterocycles. The lowest BCUT2D eigenvalue weighted by Crippen LogP contribution is -2.34. The van der Waals surface area contributed by atoms with Gasteiger partial charge in [-0.2, -0.15) is 0 Å². The number of halogens is 1. The van der Waals surface area contributed by atoms with Crippen LogP contribution in [0.2, 0.25) is 0 Å². The van der Waals surface area contributed by atoms with Crippen LogP contribution in [0.3, 0.4) is 0 Å². The second kappa shape index (κ2) is 7.40. The highest BCUT2D eigenvalue weighted by molar-refractivity contribution is 5.29. The average molecular weight is 291 g/mol. The fourth-order valence-corrected chi connectivity index (χ4v) is 3.14. The Kier molecular flexibility index (Phi) is 5.80. The van der Waals surface area contributed by atoms with Gasteiger partial charge >= 0.3 is 0 Å². The normalized spacial score (nSPS) is 17.9. The summed E-state index contributed by atoms with van der Waals surface area (Å²) in [5.74, 6) is 1.57. The van der Waals surface area contributed by atoms with Gasteiger partial charge in [0.05, 0.1) is 0 Å². The summed E-state index contributed by atoms with van der Waals surface area (Å²) in [4.78, 5) is 2.54. The molecule has 0 bridgehead atoms. The lowest BCUT2D eigenvalue weighted by Gasteiger charge is -2.32. The van der Waals surface area contributed by atoms with Gasteiger partial charge in [0, 0.05) is 0 Å². The Labute approximate surface area is 129 Å². The van der Waals surface area contributed by atoms with E-state index in [1.54, 1.807) is 6.07 Å². The molecule has 2 rings (SSSR count). The van der Waals surface area contributed by atoms with Crippen molar-refractivity contribution >= 4 is 0 Å². The first-order valence-electron chi connectivity index (χ1n) is 8.49. The molecule has 1 aliphatic rings. The van der Waals surface area contributed by atoms with Crippen molar-refractivity contribution in [3.63, 3.8) is 0 Å². The molecule has 2 heteroatoms. The molecular formula is C19H30FN. The molecule has 0 radical (unpaired) electrons. The lowest BCUT2D eigenvalue weighted by molar-refractivity contribution is 0.201. The molecule has 1 aliphatic heterocycles. The topological polar surface area (TPSA) is 3.24 Å². The second-order valence-electron chi connectivity index (χ2n) is 7.23. The van der Waals surface area contributed by atoms with Crippen LogP contribution in [0.5, 0.6) is 0 Å². The Morgan fingerprint density at radius 2 is 1.81 bits per heavy atom. The molecular weight excluding hydrogens is 261 g/mol. The highest BCUT2D eigenvalue weighted by atomic mass is 19.1. The minimum absolute atomic E-state index is 0.00169. The summed E-state index contributed by atoms with van der Waals surface area (Å²) in [6.45, 7) is 12.2. The third-order valence-electron chi connectivity index (χ3n) is 4.74. The first-order chi connectivity index (χ1) is 9.97. The second-order valence-corrected chi connectivity index (χ2v) is 7.23. The lowest BCUT2D eigenvalue weighted by atomic mass is 9.87. The Hall–Kier alpha value is -0.890. The van der Waals surface area contributed by atoms with Gasteiger partial charge in [-0.3, -0.25) is 0 Å². The van der Waals surface area contributed by atoms with E-state index in [-0.39, 0.29) is 5.82 Å². The number of nitrogens with zero attached hydrogens (tertiary/aromatic N) is 1. The molecule has 1 aromatic carbocycles. The summed E-state index contributed by atoms with van der Waals surface area (Å²) in [6, 6.07) is 5.87. The molecule has 118 valence electrons. The summed E-state index contributed by atoms with van der Waals surface area (Å²) in [7, 11) is 0. The number of benzene rings is 1. The van der Waals surface area contributed by atoms with Gasteiger partial charge in [0.1, 0.15) is 5.82 Å². The van der Waals surface area contributed by atoms with E-state index >= 15 is 0 Å². The van der Waals surface area contributed by atoms with Crippen molar-refractivity contribution in [1.29, 1.82) is 0 Å². The fraction of sp³-hybridized carbons (Fsp3) is 0.684. The zero-order valence-corrected chi connectivity index (χ0v) is 14.0. The molecule has 21 heavy (non-hydrogen) atoms. The molecule has 0 spiro atoms. The molecule has 0 atom stereocenters. The summed E-state index contributed by atoms with van der Waals surface area (Å²) < 4.78 is 14.3. The SMILES string of the molecule is CC(C)CCN1CCC(c2ccc(C(C)C)cc2F)CC1. The molecule has 0 amide bonds. The Bertz CT molecular complexity index is 445. The van der Waals surface area contributed by atoms with Crippen LogP contribution in [-0.2, 0) is 0 Å². The number of hydrogen-bond donors (Lipinski definition) is 0. The summed E-state index contributed by atoms with van der Waals surface area (Å²) in [5.41, 5.74) is 2.04. The quantitative estimate of drug-likeness (QED) is 0.723. The highest BCUT2D eigenvalue weighted by Crippen LogP contribution is 2.31. The van der Waals surface area contributed by atoms with Crippen LogP contribution in [0.25, 0.3) is 0 Å². The third kappa shape index (κ3) is 4.54. The largest absolute Gasteiger partial charge is 0.303 e. The van der Waals surface area contributed by atoms with Crippen molar-refractivity contribution < 1.29 is 4.39 Å². The van der Waals surface area contributed by atoms with Crippen LogP contribution in [0, 0.1) is 11.7 Å². The molecule has 1 aromatic rings. The van der Waals surface area contributed by atoms with Crippen molar-refractivity contribution in [2.75, 3.05) is 19.6 Å². The van der Waals surface area contributed by atoms with Gasteiger partial charge in [0.15, 0.2) is 0 Å². The predicted octanol–water partition coefficient (Wildman–Crippen LogP) is 5.17. The van der Waals surface area contributed by atoms with Gasteiger partial charge < -0.3 is 4.90 Å². The third-order valence-corrected chi connectivity index (χ3v) is 4.74. The van der Waals surface area contributed by atoms with E-state index in [1.807, 2.05) is 6.07 Å². The predicted molar refractivity (Wildman–Crippen MR) is 88.4 cm³/mol. The van der Waals surface area contributed by atoms with E-state index in [2.05, 4.69) is 38.7 Å². The highest BCUT2D eigenvalue weighted by Gasteiger charge is 2.23. The fourth-order valence-electron chi connectivity index (χ4n) is 3.14. The van der Waals surface area contributed by atoms with Crippen LogP contribution < -0.4 is 0 Å². The smallest absolute Gasteiger partial charge is 0.126 e. The first-order valence-corrected chi connectivity index (χ1v) is 8.49. The molecule has 0 aromatic heterocycles. The average Bonchev–Trinajstić information content (AvgIpc) is 2.45. The van der Waals surface area contributed by atoms with E-state index < -0.39 is 0 Å². The van der Waals surface area contributed by atoms with Crippen LogP contribution in [0.1, 0.15) is 69.9 Å². The maximum absolute atomic E-state index is 14.3. The molecule has 0 aliphatic carbocycles. The Morgan fingerprint density at radius 3 is 2.33 bits per heavy atom. The van der Waals surface area contributed by atoms with E-state index in [9.17, 15) is 4.39 Å². The summed E-state index contributed by atoms with van der Waals surface area (Å²) >= 11 is 0. The molecule has 0 saturated carbocycles. The minimum atomic E-state index is 0.00169. The zero-order chi connectivity index (χ0) is 15.4. The first kappa shape index (κ1) is 16.5. The van der Waals surface area contributed by atoms with Gasteiger partial charge in [-0.25, -0.2) is 4.39 Å². The van der Waals surface area contributed by atoms with Crippen molar-refractivity contribution in [2.45, 2.75) is 58.8 Å².